The minimum Gasteiger partial charge on any atom is -0.481 e. The van der Waals surface area contributed by atoms with E-state index in [9.17, 15) is 73.5 Å². The Labute approximate surface area is 388 Å². The lowest BCUT2D eigenvalue weighted by molar-refractivity contribution is -0.459. The molecule has 9 atom stereocenters. The van der Waals surface area contributed by atoms with Crippen LogP contribution in [0.4, 0.5) is 0 Å². The number of fused-ring (bicyclic) bond motifs is 1. The number of carboxylic acid groups (broad SMARTS) is 3. The minimum atomic E-state index is -2.02. The van der Waals surface area contributed by atoms with E-state index in [1.807, 2.05) is 0 Å². The van der Waals surface area contributed by atoms with Crippen molar-refractivity contribution in [2.45, 2.75) is 120 Å². The number of aliphatic hydroxyl groups is 2. The van der Waals surface area contributed by atoms with Crippen molar-refractivity contribution >= 4 is 76.1 Å². The summed E-state index contributed by atoms with van der Waals surface area (Å²) in [5.41, 5.74) is 17.6. The molecule has 7 amide bonds. The van der Waals surface area contributed by atoms with Crippen LogP contribution in [-0.4, -0.2) is 175 Å². The van der Waals surface area contributed by atoms with Crippen molar-refractivity contribution in [1.82, 2.24) is 41.8 Å². The number of H-pyrrole nitrogens is 1. The van der Waals surface area contributed by atoms with Crippen molar-refractivity contribution < 1.29 is 78.5 Å². The third-order valence-corrected chi connectivity index (χ3v) is 10.8. The topological polar surface area (TPSA) is 455 Å². The minimum absolute atomic E-state index is 0.0131. The smallest absolute Gasteiger partial charge is 0.338 e. The normalized spacial score (nSPS) is 16.8. The number of nitrogens with zero attached hydrogens (tertiary/aromatic N) is 1. The molecular formula is C41H61N12O15+. The summed E-state index contributed by atoms with van der Waals surface area (Å²) in [5.74, 6) is -12.0. The first-order valence-corrected chi connectivity index (χ1v) is 21.5. The second kappa shape index (κ2) is 26.1. The molecule has 0 radical (unpaired) electrons. The van der Waals surface area contributed by atoms with Crippen LogP contribution in [0.3, 0.4) is 0 Å². The maximum absolute atomic E-state index is 14.3. The second-order valence-corrected chi connectivity index (χ2v) is 16.2. The zero-order chi connectivity index (χ0) is 50.8. The van der Waals surface area contributed by atoms with E-state index >= 15 is 0 Å². The average molecular weight is 962 g/mol. The van der Waals surface area contributed by atoms with Gasteiger partial charge in [0, 0.05) is 36.5 Å². The summed E-state index contributed by atoms with van der Waals surface area (Å²) < 4.78 is 0. The van der Waals surface area contributed by atoms with E-state index in [0.717, 1.165) is 11.8 Å². The molecule has 19 N–H and O–H groups in total. The van der Waals surface area contributed by atoms with Crippen LogP contribution in [0, 0.1) is 0 Å². The summed E-state index contributed by atoms with van der Waals surface area (Å²) >= 11 is 0. The lowest BCUT2D eigenvalue weighted by Crippen LogP contribution is -2.78. The number of aromatic nitrogens is 1. The summed E-state index contributed by atoms with van der Waals surface area (Å²) in [7, 11) is 0. The number of hydrogen-bond acceptors (Lipinski definition) is 13. The number of benzene rings is 1. The van der Waals surface area contributed by atoms with Crippen molar-refractivity contribution in [3.8, 4) is 0 Å². The number of rotatable bonds is 27. The van der Waals surface area contributed by atoms with Crippen LogP contribution in [0.1, 0.15) is 64.4 Å². The summed E-state index contributed by atoms with van der Waals surface area (Å²) in [6, 6.07) is -5.78. The fourth-order valence-electron chi connectivity index (χ4n) is 7.15. The van der Waals surface area contributed by atoms with Crippen LogP contribution < -0.4 is 54.1 Å². The molecule has 0 bridgehead atoms. The van der Waals surface area contributed by atoms with Crippen molar-refractivity contribution in [3.05, 3.63) is 36.0 Å². The maximum Gasteiger partial charge on any atom is 0.338 e. The Balaban J connectivity index is 1.97. The van der Waals surface area contributed by atoms with Gasteiger partial charge in [0.2, 0.25) is 41.4 Å². The molecule has 2 heterocycles. The number of carbonyl (C=O) groups excluding carboxylic acids is 7. The average Bonchev–Trinajstić information content (AvgIpc) is 3.94. The van der Waals surface area contributed by atoms with E-state index in [1.54, 1.807) is 24.3 Å². The Morgan fingerprint density at radius 3 is 1.91 bits per heavy atom. The number of hydrogen-bond donors (Lipinski definition) is 16. The van der Waals surface area contributed by atoms with Crippen molar-refractivity contribution in [3.63, 3.8) is 0 Å². The number of guanidine groups is 1. The van der Waals surface area contributed by atoms with Gasteiger partial charge in [0.1, 0.15) is 42.3 Å². The van der Waals surface area contributed by atoms with Gasteiger partial charge < -0.3 is 73.1 Å². The summed E-state index contributed by atoms with van der Waals surface area (Å²) in [5, 5.41) is 63.8. The third kappa shape index (κ3) is 16.5. The highest BCUT2D eigenvalue weighted by atomic mass is 16.4. The Morgan fingerprint density at radius 1 is 0.765 bits per heavy atom. The number of aliphatic carboxylic acids is 3. The number of nitrogens with two attached hydrogens (primary N) is 3. The number of para-hydroxylation sites is 1. The van der Waals surface area contributed by atoms with Crippen LogP contribution in [0.2, 0.25) is 0 Å². The first-order valence-electron chi connectivity index (χ1n) is 21.5. The molecule has 27 nitrogen and oxygen atoms in total. The van der Waals surface area contributed by atoms with E-state index in [1.165, 1.54) is 13.1 Å². The van der Waals surface area contributed by atoms with Crippen molar-refractivity contribution in [1.29, 1.82) is 0 Å². The Kier molecular flexibility index (Phi) is 21.1. The van der Waals surface area contributed by atoms with Crippen molar-refractivity contribution in [2.75, 3.05) is 19.7 Å². The highest BCUT2D eigenvalue weighted by Crippen LogP contribution is 2.21. The Morgan fingerprint density at radius 2 is 1.32 bits per heavy atom. The van der Waals surface area contributed by atoms with Gasteiger partial charge >= 0.3 is 23.9 Å². The number of amides is 7. The number of likely N-dealkylation sites (tertiary alicyclic amines) is 1. The zero-order valence-corrected chi connectivity index (χ0v) is 37.4. The molecule has 1 saturated heterocycles. The number of aliphatic hydroxyl groups excluding tert-OH is 2. The van der Waals surface area contributed by atoms with E-state index in [4.69, 9.17) is 17.2 Å². The maximum atomic E-state index is 14.3. The van der Waals surface area contributed by atoms with Crippen LogP contribution in [0.5, 0.6) is 0 Å². The molecule has 0 saturated carbocycles. The lowest BCUT2D eigenvalue weighted by atomic mass is 10.0. The molecular weight excluding hydrogens is 901 g/mol. The Bertz CT molecular complexity index is 2190. The van der Waals surface area contributed by atoms with Gasteiger partial charge in [-0.15, -0.1) is 0 Å². The third-order valence-electron chi connectivity index (χ3n) is 10.8. The first-order chi connectivity index (χ1) is 32.0. The van der Waals surface area contributed by atoms with Crippen molar-refractivity contribution in [2.24, 2.45) is 17.2 Å². The SMILES string of the molecule is C[C@H](N)C(=O)N[C@@H](CO)C(=O)N[C@@H](CCC[NH+]=C(N)N)C(=O)N[C@@H](Cc1c[nH]c2ccccc12)C(=O)N[C@@H](CC(=O)O)C(=O)N[C@@H](CCC(=O)O)C(=O)N[C@H](C(=O)N1CCC[C@H]1C(=O)O)[C@@H](C)O. The molecule has 374 valence electrons. The molecule has 1 aromatic heterocycles. The molecule has 0 spiro atoms. The molecule has 1 aromatic carbocycles. The number of carbonyl (C=O) groups is 10. The van der Waals surface area contributed by atoms with Gasteiger partial charge in [0.15, 0.2) is 0 Å². The number of nitrogens with one attached hydrogen (secondary N) is 8. The van der Waals surface area contributed by atoms with Crippen LogP contribution in [0.25, 0.3) is 10.9 Å². The number of carboxylic acids is 3. The van der Waals surface area contributed by atoms with E-state index in [0.29, 0.717) is 22.9 Å². The largest absolute Gasteiger partial charge is 0.481 e. The quantitative estimate of drug-likeness (QED) is 0.0225. The molecule has 3 rings (SSSR count). The van der Waals surface area contributed by atoms with E-state index < -0.39 is 140 Å². The van der Waals surface area contributed by atoms with Gasteiger partial charge in [-0.3, -0.25) is 59.6 Å². The molecule has 0 aliphatic carbocycles. The van der Waals surface area contributed by atoms with E-state index in [2.05, 4.69) is 41.9 Å². The van der Waals surface area contributed by atoms with Gasteiger partial charge in [-0.2, -0.15) is 0 Å². The number of aromatic amines is 1. The first kappa shape index (κ1) is 54.9. The van der Waals surface area contributed by atoms with Gasteiger partial charge in [0.05, 0.1) is 31.7 Å². The molecule has 1 aliphatic heterocycles. The second-order valence-electron chi connectivity index (χ2n) is 16.2. The van der Waals surface area contributed by atoms with Gasteiger partial charge in [0.25, 0.3) is 0 Å². The molecule has 1 aliphatic rings. The van der Waals surface area contributed by atoms with Crippen LogP contribution in [-0.2, 0) is 54.4 Å². The molecule has 1 fully saturated rings. The fourth-order valence-corrected chi connectivity index (χ4v) is 7.15. The Hall–Kier alpha value is -7.39. The highest BCUT2D eigenvalue weighted by molar-refractivity contribution is 5.99. The van der Waals surface area contributed by atoms with Crippen LogP contribution in [0.15, 0.2) is 30.5 Å². The zero-order valence-electron chi connectivity index (χ0n) is 37.4. The predicted octanol–water partition coefficient (Wildman–Crippen LogP) is -7.11. The highest BCUT2D eigenvalue weighted by Gasteiger charge is 2.41. The predicted molar refractivity (Wildman–Crippen MR) is 236 cm³/mol. The monoisotopic (exact) mass is 961 g/mol. The molecule has 2 aromatic rings. The van der Waals surface area contributed by atoms with E-state index in [-0.39, 0.29) is 44.7 Å². The summed E-state index contributed by atoms with van der Waals surface area (Å²) in [6.45, 7) is 1.64. The molecule has 68 heavy (non-hydrogen) atoms. The lowest BCUT2D eigenvalue weighted by Gasteiger charge is -2.30. The van der Waals surface area contributed by atoms with Gasteiger partial charge in [-0.1, -0.05) is 18.2 Å². The standard InChI is InChI=1S/C41H60N12O15/c1-19(42)33(60)51-28(18-54)38(65)47-24(9-5-13-45-41(43)44)34(61)49-26(15-21-17-46-23-8-4-3-7-22(21)23)36(63)50-27(16-31(58)59)37(64)48-25(11-12-30(56)57)35(62)52-32(20(2)55)39(66)53-14-6-10-29(53)40(67)68/h3-4,7-8,17,19-20,24-29,32,46,54-55H,5-6,9-16,18,42H2,1-2H3,(H,47,65)(H,48,64)(H,49,61)(H,50,63)(H,51,60)(H,52,62)(H,56,57)(H,58,59)(H,67,68)(H4,43,44,45)/p+1/t19-,20+,24-,25-,26-,27-,28-,29-,32-/m0/s1. The molecule has 27 heteroatoms. The van der Waals surface area contributed by atoms with Gasteiger partial charge in [-0.25, -0.2) is 4.79 Å². The fraction of sp³-hybridized carbons (Fsp3) is 0.537. The van der Waals surface area contributed by atoms with Crippen LogP contribution >= 0.6 is 0 Å². The summed E-state index contributed by atoms with van der Waals surface area (Å²) in [4.78, 5) is 137. The van der Waals surface area contributed by atoms with Gasteiger partial charge in [-0.05, 0) is 57.6 Å². The molecule has 0 unspecified atom stereocenters. The summed E-state index contributed by atoms with van der Waals surface area (Å²) in [6.07, 6.45) is -2.54.